The quantitative estimate of drug-likeness (QED) is 0.783. The smallest absolute Gasteiger partial charge is 0.119 e. The van der Waals surface area contributed by atoms with Crippen LogP contribution in [-0.4, -0.2) is 17.3 Å². The Balaban J connectivity index is 2.60. The maximum Gasteiger partial charge on any atom is 0.119 e. The molecule has 0 aromatic heterocycles. The number of benzene rings is 1. The summed E-state index contributed by atoms with van der Waals surface area (Å²) in [7, 11) is 0. The molecule has 0 aliphatic rings. The Morgan fingerprint density at radius 1 is 1.22 bits per heavy atom. The fourth-order valence-electron chi connectivity index (χ4n) is 1.86. The summed E-state index contributed by atoms with van der Waals surface area (Å²) in [6.45, 7) is 6.10. The zero-order chi connectivity index (χ0) is 13.5. The van der Waals surface area contributed by atoms with Crippen LogP contribution in [0.5, 0.6) is 5.75 Å². The molecule has 3 nitrogen and oxygen atoms in total. The number of hydrogen-bond acceptors (Lipinski definition) is 3. The van der Waals surface area contributed by atoms with Crippen LogP contribution in [0.2, 0.25) is 0 Å². The number of hydrogen-bond donors (Lipinski definition) is 2. The van der Waals surface area contributed by atoms with Crippen LogP contribution in [0.1, 0.15) is 51.6 Å². The largest absolute Gasteiger partial charge is 0.491 e. The normalized spacial score (nSPS) is 14.6. The molecule has 0 spiro atoms. The molecule has 3 N–H and O–H groups in total. The van der Waals surface area contributed by atoms with Crippen molar-refractivity contribution in [3.63, 3.8) is 0 Å². The van der Waals surface area contributed by atoms with E-state index in [1.165, 1.54) is 0 Å². The molecule has 0 amide bonds. The van der Waals surface area contributed by atoms with Crippen molar-refractivity contribution in [2.75, 3.05) is 0 Å². The molecule has 0 heterocycles. The van der Waals surface area contributed by atoms with E-state index in [2.05, 4.69) is 6.92 Å². The number of rotatable bonds is 7. The van der Waals surface area contributed by atoms with Crippen LogP contribution in [0.15, 0.2) is 24.3 Å². The summed E-state index contributed by atoms with van der Waals surface area (Å²) >= 11 is 0. The van der Waals surface area contributed by atoms with Gasteiger partial charge in [-0.25, -0.2) is 0 Å². The van der Waals surface area contributed by atoms with Crippen LogP contribution in [-0.2, 0) is 0 Å². The van der Waals surface area contributed by atoms with Gasteiger partial charge in [0.05, 0.1) is 18.2 Å². The Labute approximate surface area is 110 Å². The minimum absolute atomic E-state index is 0.166. The Morgan fingerprint density at radius 3 is 2.33 bits per heavy atom. The molecule has 1 rings (SSSR count). The van der Waals surface area contributed by atoms with Crippen LogP contribution in [0.3, 0.4) is 0 Å². The molecule has 0 saturated carbocycles. The maximum absolute atomic E-state index is 9.96. The molecule has 0 saturated heterocycles. The van der Waals surface area contributed by atoms with Gasteiger partial charge in [-0.15, -0.1) is 0 Å². The molecule has 102 valence electrons. The molecule has 0 fully saturated rings. The predicted molar refractivity (Wildman–Crippen MR) is 74.7 cm³/mol. The van der Waals surface area contributed by atoms with E-state index in [-0.39, 0.29) is 12.1 Å². The van der Waals surface area contributed by atoms with Crippen molar-refractivity contribution >= 4 is 0 Å². The van der Waals surface area contributed by atoms with E-state index in [0.717, 1.165) is 30.6 Å². The third-order valence-electron chi connectivity index (χ3n) is 2.90. The van der Waals surface area contributed by atoms with Gasteiger partial charge in [-0.2, -0.15) is 0 Å². The van der Waals surface area contributed by atoms with Gasteiger partial charge in [0, 0.05) is 0 Å². The first-order valence-electron chi connectivity index (χ1n) is 6.74. The highest BCUT2D eigenvalue weighted by molar-refractivity contribution is 5.29. The van der Waals surface area contributed by atoms with Gasteiger partial charge in [0.1, 0.15) is 5.75 Å². The minimum atomic E-state index is -0.471. The second-order valence-corrected chi connectivity index (χ2v) is 4.97. The molecule has 1 aromatic carbocycles. The lowest BCUT2D eigenvalue weighted by atomic mass is 9.98. The fraction of sp³-hybridized carbons (Fsp3) is 0.600. The predicted octanol–water partition coefficient (Wildman–Crippen LogP) is 3.02. The average Bonchev–Trinajstić information content (AvgIpc) is 2.35. The molecule has 3 heteroatoms. The van der Waals surface area contributed by atoms with Crippen molar-refractivity contribution in [3.05, 3.63) is 29.8 Å². The highest BCUT2D eigenvalue weighted by Crippen LogP contribution is 2.21. The second-order valence-electron chi connectivity index (χ2n) is 4.97. The van der Waals surface area contributed by atoms with E-state index < -0.39 is 6.10 Å². The van der Waals surface area contributed by atoms with Crippen molar-refractivity contribution in [2.45, 2.75) is 58.3 Å². The molecule has 0 aliphatic heterocycles. The molecule has 0 unspecified atom stereocenters. The first-order valence-corrected chi connectivity index (χ1v) is 6.74. The molecule has 18 heavy (non-hydrogen) atoms. The van der Waals surface area contributed by atoms with Crippen LogP contribution in [0.25, 0.3) is 0 Å². The second kappa shape index (κ2) is 7.39. The van der Waals surface area contributed by atoms with E-state index in [0.29, 0.717) is 0 Å². The van der Waals surface area contributed by atoms with Gasteiger partial charge in [-0.3, -0.25) is 0 Å². The van der Waals surface area contributed by atoms with Crippen LogP contribution in [0.4, 0.5) is 0 Å². The van der Waals surface area contributed by atoms with Gasteiger partial charge < -0.3 is 15.6 Å². The molecular weight excluding hydrogens is 226 g/mol. The molecule has 0 bridgehead atoms. The fourth-order valence-corrected chi connectivity index (χ4v) is 1.86. The number of aliphatic hydroxyl groups is 1. The van der Waals surface area contributed by atoms with E-state index in [1.807, 2.05) is 38.1 Å². The lowest BCUT2D eigenvalue weighted by Crippen LogP contribution is -2.26. The standard InChI is InChI=1S/C15H25NO2/c1-4-5-6-14(17)15(16)12-7-9-13(10-8-12)18-11(2)3/h7-11,14-15,17H,4-6,16H2,1-3H3/t14-,15+/m1/s1. The Morgan fingerprint density at radius 2 is 1.83 bits per heavy atom. The van der Waals surface area contributed by atoms with Crippen molar-refractivity contribution in [1.29, 1.82) is 0 Å². The van der Waals surface area contributed by atoms with Crippen molar-refractivity contribution in [2.24, 2.45) is 5.73 Å². The van der Waals surface area contributed by atoms with Crippen LogP contribution >= 0.6 is 0 Å². The van der Waals surface area contributed by atoms with Gasteiger partial charge in [-0.1, -0.05) is 31.9 Å². The molecule has 0 radical (unpaired) electrons. The van der Waals surface area contributed by atoms with E-state index in [9.17, 15) is 5.11 Å². The Bertz CT molecular complexity index is 335. The van der Waals surface area contributed by atoms with E-state index in [1.54, 1.807) is 0 Å². The number of nitrogens with two attached hydrogens (primary N) is 1. The summed E-state index contributed by atoms with van der Waals surface area (Å²) in [6.07, 6.45) is 2.53. The lowest BCUT2D eigenvalue weighted by Gasteiger charge is -2.19. The third kappa shape index (κ3) is 4.67. The van der Waals surface area contributed by atoms with Crippen molar-refractivity contribution in [3.8, 4) is 5.75 Å². The molecular formula is C15H25NO2. The summed E-state index contributed by atoms with van der Waals surface area (Å²) in [4.78, 5) is 0. The molecule has 1 aromatic rings. The number of aliphatic hydroxyl groups excluding tert-OH is 1. The van der Waals surface area contributed by atoms with Gasteiger partial charge in [0.15, 0.2) is 0 Å². The first kappa shape index (κ1) is 15.0. The number of unbranched alkanes of at least 4 members (excludes halogenated alkanes) is 1. The van der Waals surface area contributed by atoms with Crippen LogP contribution in [0, 0.1) is 0 Å². The van der Waals surface area contributed by atoms with Crippen molar-refractivity contribution < 1.29 is 9.84 Å². The lowest BCUT2D eigenvalue weighted by molar-refractivity contribution is 0.132. The summed E-state index contributed by atoms with van der Waals surface area (Å²) in [6, 6.07) is 7.35. The summed E-state index contributed by atoms with van der Waals surface area (Å²) in [5.41, 5.74) is 6.99. The van der Waals surface area contributed by atoms with Gasteiger partial charge >= 0.3 is 0 Å². The Kier molecular flexibility index (Phi) is 6.16. The molecule has 0 aliphatic carbocycles. The number of ether oxygens (including phenoxy) is 1. The third-order valence-corrected chi connectivity index (χ3v) is 2.90. The molecule has 2 atom stereocenters. The highest BCUT2D eigenvalue weighted by Gasteiger charge is 2.16. The van der Waals surface area contributed by atoms with Crippen molar-refractivity contribution in [1.82, 2.24) is 0 Å². The van der Waals surface area contributed by atoms with Gasteiger partial charge in [0.2, 0.25) is 0 Å². The van der Waals surface area contributed by atoms with E-state index in [4.69, 9.17) is 10.5 Å². The Hall–Kier alpha value is -1.06. The highest BCUT2D eigenvalue weighted by atomic mass is 16.5. The first-order chi connectivity index (χ1) is 8.54. The summed E-state index contributed by atoms with van der Waals surface area (Å²) < 4.78 is 5.57. The summed E-state index contributed by atoms with van der Waals surface area (Å²) in [5.74, 6) is 0.837. The summed E-state index contributed by atoms with van der Waals surface area (Å²) in [5, 5.41) is 9.96. The maximum atomic E-state index is 9.96. The van der Waals surface area contributed by atoms with Crippen LogP contribution < -0.4 is 10.5 Å². The zero-order valence-corrected chi connectivity index (χ0v) is 11.6. The topological polar surface area (TPSA) is 55.5 Å². The SMILES string of the molecule is CCCC[C@@H](O)[C@@H](N)c1ccc(OC(C)C)cc1. The monoisotopic (exact) mass is 251 g/mol. The van der Waals surface area contributed by atoms with Gasteiger partial charge in [-0.05, 0) is 38.0 Å². The minimum Gasteiger partial charge on any atom is -0.491 e. The zero-order valence-electron chi connectivity index (χ0n) is 11.6. The van der Waals surface area contributed by atoms with E-state index >= 15 is 0 Å². The van der Waals surface area contributed by atoms with Gasteiger partial charge in [0.25, 0.3) is 0 Å². The average molecular weight is 251 g/mol.